The van der Waals surface area contributed by atoms with Gasteiger partial charge >= 0.3 is 12.3 Å². The minimum absolute atomic E-state index is 0.0336. The van der Waals surface area contributed by atoms with E-state index in [4.69, 9.17) is 0 Å². The van der Waals surface area contributed by atoms with E-state index in [9.17, 15) is 23.1 Å². The number of aromatic nitrogens is 2. The van der Waals surface area contributed by atoms with E-state index in [2.05, 4.69) is 31.4 Å². The molecule has 0 radical (unpaired) electrons. The molecular weight excluding hydrogens is 545 g/mol. The van der Waals surface area contributed by atoms with Crippen LogP contribution in [0, 0.1) is 0 Å². The molecule has 1 unspecified atom stereocenters. The average Bonchev–Trinajstić information content (AvgIpc) is 3.29. The Balaban J connectivity index is 1.63. The first kappa shape index (κ1) is 24.9. The Bertz CT molecular complexity index is 1390. The highest BCUT2D eigenvalue weighted by atomic mass is 79.9. The zero-order valence-corrected chi connectivity index (χ0v) is 21.0. The number of hydrogen-bond acceptors (Lipinski definition) is 5. The minimum Gasteiger partial charge on any atom is -0.465 e. The predicted molar refractivity (Wildman–Crippen MR) is 134 cm³/mol. The first-order valence-electron chi connectivity index (χ1n) is 10.5. The lowest BCUT2D eigenvalue weighted by Gasteiger charge is -2.17. The van der Waals surface area contributed by atoms with Crippen LogP contribution in [0.4, 0.5) is 23.8 Å². The molecule has 2 aromatic carbocycles. The highest BCUT2D eigenvalue weighted by Gasteiger charge is 2.36. The number of carboxylic acid groups (broad SMARTS) is 1. The molecule has 2 N–H and O–H groups in total. The van der Waals surface area contributed by atoms with Crippen molar-refractivity contribution in [3.05, 3.63) is 75.2 Å². The molecule has 6 nitrogen and oxygen atoms in total. The van der Waals surface area contributed by atoms with E-state index in [0.29, 0.717) is 9.86 Å². The fraction of sp³-hybridized carbons (Fsp3) is 0.208. The van der Waals surface area contributed by atoms with Gasteiger partial charge in [-0.1, -0.05) is 46.3 Å². The summed E-state index contributed by atoms with van der Waals surface area (Å²) >= 11 is 4.83. The predicted octanol–water partition coefficient (Wildman–Crippen LogP) is 7.42. The SMILES string of the molecule is CC(Nc1nnc(C(F)(F)F)c2ccc(Br)cc12)c1ccc(-c2ccccc2CN(C)C(=O)O)s1. The Morgan fingerprint density at radius 2 is 1.89 bits per heavy atom. The highest BCUT2D eigenvalue weighted by molar-refractivity contribution is 9.10. The second-order valence-corrected chi connectivity index (χ2v) is 9.98. The van der Waals surface area contributed by atoms with Gasteiger partial charge in [0.05, 0.1) is 6.04 Å². The van der Waals surface area contributed by atoms with Crippen molar-refractivity contribution in [3.8, 4) is 10.4 Å². The maximum absolute atomic E-state index is 13.4. The Kier molecular flexibility index (Phi) is 7.00. The van der Waals surface area contributed by atoms with Gasteiger partial charge < -0.3 is 15.3 Å². The fourth-order valence-corrected chi connectivity index (χ4v) is 5.10. The second kappa shape index (κ2) is 9.82. The van der Waals surface area contributed by atoms with Crippen LogP contribution in [-0.4, -0.2) is 33.3 Å². The zero-order chi connectivity index (χ0) is 25.3. The van der Waals surface area contributed by atoms with Gasteiger partial charge in [-0.3, -0.25) is 0 Å². The summed E-state index contributed by atoms with van der Waals surface area (Å²) in [6.45, 7) is 2.14. The molecule has 1 amide bonds. The van der Waals surface area contributed by atoms with Crippen molar-refractivity contribution in [1.82, 2.24) is 15.1 Å². The molecule has 0 aliphatic rings. The Labute approximate surface area is 211 Å². The Morgan fingerprint density at radius 3 is 2.60 bits per heavy atom. The third kappa shape index (κ3) is 5.40. The van der Waals surface area contributed by atoms with E-state index in [-0.39, 0.29) is 23.8 Å². The molecule has 0 bridgehead atoms. The van der Waals surface area contributed by atoms with E-state index in [1.165, 1.54) is 35.4 Å². The maximum Gasteiger partial charge on any atom is 0.435 e. The molecule has 0 spiro atoms. The number of rotatable bonds is 6. The van der Waals surface area contributed by atoms with Gasteiger partial charge in [-0.2, -0.15) is 13.2 Å². The number of anilines is 1. The largest absolute Gasteiger partial charge is 0.465 e. The lowest BCUT2D eigenvalue weighted by atomic mass is 10.1. The van der Waals surface area contributed by atoms with Crippen molar-refractivity contribution >= 4 is 50.0 Å². The molecule has 0 aliphatic carbocycles. The molecule has 35 heavy (non-hydrogen) atoms. The summed E-state index contributed by atoms with van der Waals surface area (Å²) in [5.41, 5.74) is 0.767. The van der Waals surface area contributed by atoms with E-state index >= 15 is 0 Å². The van der Waals surface area contributed by atoms with Crippen molar-refractivity contribution in [2.45, 2.75) is 25.7 Å². The molecule has 182 valence electrons. The van der Waals surface area contributed by atoms with Crippen molar-refractivity contribution in [1.29, 1.82) is 0 Å². The van der Waals surface area contributed by atoms with Crippen molar-refractivity contribution in [3.63, 3.8) is 0 Å². The molecule has 4 rings (SSSR count). The Hall–Kier alpha value is -3.18. The minimum atomic E-state index is -4.62. The van der Waals surface area contributed by atoms with E-state index in [1.54, 1.807) is 6.07 Å². The van der Waals surface area contributed by atoms with Crippen LogP contribution < -0.4 is 5.32 Å². The molecule has 2 aromatic heterocycles. The first-order chi connectivity index (χ1) is 16.5. The summed E-state index contributed by atoms with van der Waals surface area (Å²) in [7, 11) is 1.51. The first-order valence-corrected chi connectivity index (χ1v) is 12.1. The van der Waals surface area contributed by atoms with E-state index in [1.807, 2.05) is 43.3 Å². The van der Waals surface area contributed by atoms with Gasteiger partial charge in [0.15, 0.2) is 11.5 Å². The summed E-state index contributed by atoms with van der Waals surface area (Å²) < 4.78 is 40.9. The van der Waals surface area contributed by atoms with Crippen LogP contribution in [0.25, 0.3) is 21.2 Å². The smallest absolute Gasteiger partial charge is 0.435 e. The number of benzene rings is 2. The van der Waals surface area contributed by atoms with E-state index < -0.39 is 18.0 Å². The summed E-state index contributed by atoms with van der Waals surface area (Å²) in [4.78, 5) is 14.4. The molecule has 1 atom stereocenters. The van der Waals surface area contributed by atoms with Crippen molar-refractivity contribution in [2.24, 2.45) is 0 Å². The number of amides is 1. The van der Waals surface area contributed by atoms with Gasteiger partial charge in [0.1, 0.15) is 0 Å². The third-order valence-electron chi connectivity index (χ3n) is 5.43. The van der Waals surface area contributed by atoms with Gasteiger partial charge in [-0.15, -0.1) is 21.5 Å². The molecule has 0 saturated heterocycles. The van der Waals surface area contributed by atoms with Crippen LogP contribution >= 0.6 is 27.3 Å². The molecule has 4 aromatic rings. The number of hydrogen-bond donors (Lipinski definition) is 2. The van der Waals surface area contributed by atoms with Gasteiger partial charge in [-0.05, 0) is 42.3 Å². The van der Waals surface area contributed by atoms with Crippen LogP contribution in [-0.2, 0) is 12.7 Å². The normalized spacial score (nSPS) is 12.5. The summed E-state index contributed by atoms with van der Waals surface area (Å²) in [6, 6.07) is 15.7. The number of nitrogens with zero attached hydrogens (tertiary/aromatic N) is 3. The number of fused-ring (bicyclic) bond motifs is 1. The van der Waals surface area contributed by atoms with Crippen LogP contribution in [0.1, 0.15) is 29.1 Å². The number of thiophene rings is 1. The second-order valence-electron chi connectivity index (χ2n) is 7.95. The molecular formula is C24H20BrF3N4O2S. The van der Waals surface area contributed by atoms with Gasteiger partial charge in [-0.25, -0.2) is 4.79 Å². The summed E-state index contributed by atoms with van der Waals surface area (Å²) in [5.74, 6) is 0.250. The van der Waals surface area contributed by atoms with Gasteiger partial charge in [0.2, 0.25) is 0 Å². The summed E-state index contributed by atoms with van der Waals surface area (Å²) in [6.07, 6.45) is -5.63. The molecule has 0 saturated carbocycles. The molecule has 0 fully saturated rings. The van der Waals surface area contributed by atoms with Crippen LogP contribution in [0.15, 0.2) is 59.1 Å². The van der Waals surface area contributed by atoms with Crippen molar-refractivity contribution < 1.29 is 23.1 Å². The number of carbonyl (C=O) groups is 1. The van der Waals surface area contributed by atoms with Crippen LogP contribution in [0.5, 0.6) is 0 Å². The lowest BCUT2D eigenvalue weighted by Crippen LogP contribution is -2.24. The van der Waals surface area contributed by atoms with E-state index in [0.717, 1.165) is 20.9 Å². The van der Waals surface area contributed by atoms with Crippen molar-refractivity contribution in [2.75, 3.05) is 12.4 Å². The lowest BCUT2D eigenvalue weighted by molar-refractivity contribution is -0.140. The van der Waals surface area contributed by atoms with Gasteiger partial charge in [0, 0.05) is 38.6 Å². The van der Waals surface area contributed by atoms with Crippen LogP contribution in [0.3, 0.4) is 0 Å². The maximum atomic E-state index is 13.4. The standard InChI is InChI=1S/C24H20BrF3N4O2S/c1-13(29-22-18-11-15(25)7-8-17(18)21(30-31-22)24(26,27)28)19-9-10-20(35-19)16-6-4-3-5-14(16)12-32(2)23(33)34/h3-11,13H,12H2,1-2H3,(H,29,31)(H,33,34). The topological polar surface area (TPSA) is 78.4 Å². The monoisotopic (exact) mass is 564 g/mol. The quantitative estimate of drug-likeness (QED) is 0.254. The molecule has 11 heteroatoms. The molecule has 2 heterocycles. The average molecular weight is 565 g/mol. The zero-order valence-electron chi connectivity index (χ0n) is 18.6. The van der Waals surface area contributed by atoms with Gasteiger partial charge in [0.25, 0.3) is 0 Å². The molecule has 0 aliphatic heterocycles. The summed E-state index contributed by atoms with van der Waals surface area (Å²) in [5, 5.41) is 20.0. The fourth-order valence-electron chi connectivity index (χ4n) is 3.67. The highest BCUT2D eigenvalue weighted by Crippen LogP contribution is 2.38. The van der Waals surface area contributed by atoms with Crippen LogP contribution in [0.2, 0.25) is 0 Å². The number of alkyl halides is 3. The number of halogens is 4. The third-order valence-corrected chi connectivity index (χ3v) is 7.23. The Morgan fingerprint density at radius 1 is 1.14 bits per heavy atom. The number of nitrogens with one attached hydrogen (secondary N) is 1.